The Morgan fingerprint density at radius 2 is 2.11 bits per heavy atom. The summed E-state index contributed by atoms with van der Waals surface area (Å²) in [5.41, 5.74) is 3.30. The summed E-state index contributed by atoms with van der Waals surface area (Å²) in [4.78, 5) is 20.0. The van der Waals surface area contributed by atoms with E-state index in [9.17, 15) is 4.79 Å². The predicted molar refractivity (Wildman–Crippen MR) is 141 cm³/mol. The van der Waals surface area contributed by atoms with Crippen LogP contribution in [0.4, 0.5) is 16.6 Å². The molecule has 0 radical (unpaired) electrons. The van der Waals surface area contributed by atoms with Gasteiger partial charge in [0.25, 0.3) is 0 Å². The van der Waals surface area contributed by atoms with E-state index in [-0.39, 0.29) is 5.95 Å². The number of halogens is 1. The number of unbranched alkanes of at least 4 members (excludes halogenated alkanes) is 1. The Balaban J connectivity index is 1.60. The van der Waals surface area contributed by atoms with Gasteiger partial charge in [-0.15, -0.1) is 0 Å². The van der Waals surface area contributed by atoms with Crippen molar-refractivity contribution in [2.45, 2.75) is 51.7 Å². The van der Waals surface area contributed by atoms with Crippen LogP contribution in [0, 0.1) is 0 Å². The normalized spacial score (nSPS) is 14.2. The molecule has 1 amide bonds. The van der Waals surface area contributed by atoms with Gasteiger partial charge in [0.2, 0.25) is 5.95 Å². The van der Waals surface area contributed by atoms with Crippen LogP contribution in [0.15, 0.2) is 22.8 Å². The lowest BCUT2D eigenvalue weighted by Gasteiger charge is -2.23. The Labute approximate surface area is 218 Å². The molecular formula is C24H32BrN7O4. The Morgan fingerprint density at radius 1 is 1.31 bits per heavy atom. The highest BCUT2D eigenvalue weighted by molar-refractivity contribution is 9.10. The zero-order chi connectivity index (χ0) is 25.5. The highest BCUT2D eigenvalue weighted by Crippen LogP contribution is 2.30. The monoisotopic (exact) mass is 561 g/mol. The van der Waals surface area contributed by atoms with Crippen LogP contribution in [0.3, 0.4) is 0 Å². The van der Waals surface area contributed by atoms with Crippen molar-refractivity contribution in [3.63, 3.8) is 0 Å². The van der Waals surface area contributed by atoms with Crippen LogP contribution in [-0.2, 0) is 17.8 Å². The highest BCUT2D eigenvalue weighted by Gasteiger charge is 2.20. The number of anilines is 2. The quantitative estimate of drug-likeness (QED) is 0.254. The molecular weight excluding hydrogens is 530 g/mol. The first-order valence-electron chi connectivity index (χ1n) is 12.1. The third kappa shape index (κ3) is 6.42. The minimum atomic E-state index is -1.23. The fourth-order valence-corrected chi connectivity index (χ4v) is 4.64. The van der Waals surface area contributed by atoms with Gasteiger partial charge in [0.05, 0.1) is 13.7 Å². The summed E-state index contributed by atoms with van der Waals surface area (Å²) in [5.74, 6) is 1.28. The van der Waals surface area contributed by atoms with Gasteiger partial charge in [0.1, 0.15) is 16.8 Å². The molecule has 1 aromatic carbocycles. The molecule has 1 aliphatic heterocycles. The summed E-state index contributed by atoms with van der Waals surface area (Å²) < 4.78 is 13.5. The number of benzene rings is 1. The van der Waals surface area contributed by atoms with Crippen molar-refractivity contribution >= 4 is 44.8 Å². The average molecular weight is 562 g/mol. The maximum absolute atomic E-state index is 11.2. The second-order valence-electron chi connectivity index (χ2n) is 8.67. The zero-order valence-corrected chi connectivity index (χ0v) is 22.1. The van der Waals surface area contributed by atoms with Gasteiger partial charge < -0.3 is 25.2 Å². The van der Waals surface area contributed by atoms with E-state index < -0.39 is 6.09 Å². The number of nitrogens with zero attached hydrogens (tertiary/aromatic N) is 4. The van der Waals surface area contributed by atoms with E-state index in [0.29, 0.717) is 40.6 Å². The zero-order valence-electron chi connectivity index (χ0n) is 20.5. The molecule has 4 rings (SSSR count). The molecule has 1 fully saturated rings. The second-order valence-corrected chi connectivity index (χ2v) is 9.42. The fourth-order valence-electron chi connectivity index (χ4n) is 4.17. The van der Waals surface area contributed by atoms with Crippen LogP contribution in [0.2, 0.25) is 0 Å². The standard InChI is InChI=1S/C24H32BrN7O4/c1-3-4-9-26-22-20-19(28-23(29-22)30-24(33)34)21(25)31-32(20)14-16-6-5-15(12-18(16)35-2)13-27-17-7-10-36-11-8-17/h5-6,12,17,27H,3-4,7-11,13-14H2,1-2H3,(H,33,34)(H2,26,28,29,30). The minimum Gasteiger partial charge on any atom is -0.496 e. The molecule has 0 aliphatic carbocycles. The molecule has 12 heteroatoms. The van der Waals surface area contributed by atoms with Crippen LogP contribution < -0.4 is 20.7 Å². The molecule has 3 heterocycles. The highest BCUT2D eigenvalue weighted by atomic mass is 79.9. The molecule has 36 heavy (non-hydrogen) atoms. The number of ether oxygens (including phenoxy) is 2. The van der Waals surface area contributed by atoms with Gasteiger partial charge in [0.15, 0.2) is 10.4 Å². The van der Waals surface area contributed by atoms with Crippen LogP contribution in [0.25, 0.3) is 11.0 Å². The molecule has 0 bridgehead atoms. The van der Waals surface area contributed by atoms with Crippen LogP contribution >= 0.6 is 15.9 Å². The van der Waals surface area contributed by atoms with Gasteiger partial charge >= 0.3 is 6.09 Å². The van der Waals surface area contributed by atoms with Crippen LogP contribution in [0.5, 0.6) is 5.75 Å². The second kappa shape index (κ2) is 12.3. The number of amides is 1. The van der Waals surface area contributed by atoms with Crippen LogP contribution in [-0.4, -0.2) is 63.9 Å². The smallest absolute Gasteiger partial charge is 0.411 e. The van der Waals surface area contributed by atoms with Crippen molar-refractivity contribution in [2.75, 3.05) is 37.5 Å². The molecule has 0 unspecified atom stereocenters. The van der Waals surface area contributed by atoms with Gasteiger partial charge in [-0.2, -0.15) is 10.1 Å². The van der Waals surface area contributed by atoms with Crippen molar-refractivity contribution in [3.8, 4) is 5.75 Å². The maximum atomic E-state index is 11.2. The molecule has 0 saturated carbocycles. The van der Waals surface area contributed by atoms with E-state index in [4.69, 9.17) is 14.6 Å². The van der Waals surface area contributed by atoms with Crippen molar-refractivity contribution in [1.82, 2.24) is 25.1 Å². The van der Waals surface area contributed by atoms with Crippen molar-refractivity contribution in [2.24, 2.45) is 0 Å². The lowest BCUT2D eigenvalue weighted by molar-refractivity contribution is 0.0776. The van der Waals surface area contributed by atoms with Gasteiger partial charge in [-0.1, -0.05) is 25.5 Å². The molecule has 194 valence electrons. The molecule has 11 nitrogen and oxygen atoms in total. The number of hydrogen-bond donors (Lipinski definition) is 4. The predicted octanol–water partition coefficient (Wildman–Crippen LogP) is 4.22. The van der Waals surface area contributed by atoms with E-state index in [1.807, 2.05) is 12.1 Å². The number of carbonyl (C=O) groups is 1. The third-order valence-corrected chi connectivity index (χ3v) is 6.61. The summed E-state index contributed by atoms with van der Waals surface area (Å²) in [6, 6.07) is 6.66. The van der Waals surface area contributed by atoms with E-state index >= 15 is 0 Å². The summed E-state index contributed by atoms with van der Waals surface area (Å²) in [7, 11) is 1.66. The largest absolute Gasteiger partial charge is 0.496 e. The van der Waals surface area contributed by atoms with E-state index in [0.717, 1.165) is 62.3 Å². The average Bonchev–Trinajstić information content (AvgIpc) is 3.18. The lowest BCUT2D eigenvalue weighted by atomic mass is 10.1. The number of nitrogens with one attached hydrogen (secondary N) is 3. The lowest BCUT2D eigenvalue weighted by Crippen LogP contribution is -2.34. The number of rotatable bonds is 11. The third-order valence-electron chi connectivity index (χ3n) is 6.08. The van der Waals surface area contributed by atoms with Crippen molar-refractivity contribution in [3.05, 3.63) is 33.9 Å². The summed E-state index contributed by atoms with van der Waals surface area (Å²) >= 11 is 3.48. The topological polar surface area (TPSA) is 135 Å². The first-order chi connectivity index (χ1) is 17.5. The Hall–Kier alpha value is -2.96. The number of carboxylic acid groups (broad SMARTS) is 1. The van der Waals surface area contributed by atoms with Gasteiger partial charge in [-0.3, -0.25) is 10.00 Å². The number of aromatic nitrogens is 4. The molecule has 4 N–H and O–H groups in total. The molecule has 0 atom stereocenters. The van der Waals surface area contributed by atoms with Gasteiger partial charge in [-0.25, -0.2) is 9.78 Å². The Morgan fingerprint density at radius 3 is 2.83 bits per heavy atom. The Bertz CT molecular complexity index is 1200. The van der Waals surface area contributed by atoms with Crippen LogP contribution in [0.1, 0.15) is 43.7 Å². The number of methoxy groups -OCH3 is 1. The summed E-state index contributed by atoms with van der Waals surface area (Å²) in [6.45, 7) is 5.59. The molecule has 1 saturated heterocycles. The molecule has 3 aromatic rings. The first-order valence-corrected chi connectivity index (χ1v) is 12.9. The number of fused-ring (bicyclic) bond motifs is 1. The summed E-state index contributed by atoms with van der Waals surface area (Å²) in [5, 5.41) is 22.9. The summed E-state index contributed by atoms with van der Waals surface area (Å²) in [6.07, 6.45) is 2.78. The van der Waals surface area contributed by atoms with E-state index in [1.165, 1.54) is 0 Å². The Kier molecular flexibility index (Phi) is 8.94. The minimum absolute atomic E-state index is 0.00629. The van der Waals surface area contributed by atoms with Crippen molar-refractivity contribution in [1.29, 1.82) is 0 Å². The molecule has 0 spiro atoms. The van der Waals surface area contributed by atoms with Gasteiger partial charge in [-0.05, 0) is 46.8 Å². The van der Waals surface area contributed by atoms with E-state index in [2.05, 4.69) is 59.9 Å². The maximum Gasteiger partial charge on any atom is 0.411 e. The first kappa shape index (κ1) is 26.1. The fraction of sp³-hybridized carbons (Fsp3) is 0.500. The van der Waals surface area contributed by atoms with Crippen molar-refractivity contribution < 1.29 is 19.4 Å². The number of hydrogen-bond acceptors (Lipinski definition) is 8. The van der Waals surface area contributed by atoms with Gasteiger partial charge in [0, 0.05) is 37.9 Å². The SMILES string of the molecule is CCCCNc1nc(NC(=O)O)nc2c(Br)nn(Cc3ccc(CNC4CCOCC4)cc3OC)c12. The van der Waals surface area contributed by atoms with E-state index in [1.54, 1.807) is 11.8 Å². The molecule has 1 aliphatic rings. The molecule has 2 aromatic heterocycles.